The van der Waals surface area contributed by atoms with Crippen LogP contribution >= 0.6 is 15.9 Å². The van der Waals surface area contributed by atoms with Crippen molar-refractivity contribution < 1.29 is 4.74 Å². The van der Waals surface area contributed by atoms with Crippen LogP contribution in [0.1, 0.15) is 12.8 Å². The molecule has 0 aliphatic carbocycles. The fourth-order valence-electron chi connectivity index (χ4n) is 1.94. The van der Waals surface area contributed by atoms with E-state index in [2.05, 4.69) is 27.9 Å². The van der Waals surface area contributed by atoms with Gasteiger partial charge in [-0.2, -0.15) is 0 Å². The van der Waals surface area contributed by atoms with Gasteiger partial charge in [0, 0.05) is 6.04 Å². The smallest absolute Gasteiger partial charge is 0.133 e. The molecule has 2 rings (SSSR count). The predicted octanol–water partition coefficient (Wildman–Crippen LogP) is 2.92. The standard InChI is InChI=1S/C12H16BrNO/c1-14-8-4-5-10(14)9-15-12-7-3-2-6-11(12)13/h2-3,6-7,10H,4-5,8-9H2,1H3/t10-/m0/s1. The molecule has 2 nitrogen and oxygen atoms in total. The molecule has 0 bridgehead atoms. The third-order valence-corrected chi connectivity index (χ3v) is 3.59. The Bertz CT molecular complexity index is 329. The first-order valence-electron chi connectivity index (χ1n) is 5.35. The fourth-order valence-corrected chi connectivity index (χ4v) is 2.34. The molecular formula is C12H16BrNO. The number of hydrogen-bond donors (Lipinski definition) is 0. The Morgan fingerprint density at radius 3 is 2.93 bits per heavy atom. The second-order valence-corrected chi connectivity index (χ2v) is 4.87. The van der Waals surface area contributed by atoms with E-state index in [9.17, 15) is 0 Å². The number of halogens is 1. The summed E-state index contributed by atoms with van der Waals surface area (Å²) in [6, 6.07) is 8.58. The first-order valence-corrected chi connectivity index (χ1v) is 6.14. The van der Waals surface area contributed by atoms with E-state index >= 15 is 0 Å². The van der Waals surface area contributed by atoms with Gasteiger partial charge in [-0.15, -0.1) is 0 Å². The zero-order valence-corrected chi connectivity index (χ0v) is 10.5. The molecule has 82 valence electrons. The number of nitrogens with zero attached hydrogens (tertiary/aromatic N) is 1. The first-order chi connectivity index (χ1) is 7.27. The molecule has 1 aromatic rings. The van der Waals surface area contributed by atoms with Crippen molar-refractivity contribution in [1.29, 1.82) is 0 Å². The van der Waals surface area contributed by atoms with Gasteiger partial charge in [0.2, 0.25) is 0 Å². The Morgan fingerprint density at radius 2 is 2.27 bits per heavy atom. The molecule has 0 saturated carbocycles. The van der Waals surface area contributed by atoms with Crippen LogP contribution in [-0.4, -0.2) is 31.1 Å². The number of rotatable bonds is 3. The number of benzene rings is 1. The van der Waals surface area contributed by atoms with E-state index in [1.165, 1.54) is 19.4 Å². The molecule has 1 heterocycles. The van der Waals surface area contributed by atoms with Crippen molar-refractivity contribution in [2.45, 2.75) is 18.9 Å². The van der Waals surface area contributed by atoms with E-state index in [1.807, 2.05) is 24.3 Å². The van der Waals surface area contributed by atoms with E-state index in [0.29, 0.717) is 6.04 Å². The number of para-hydroxylation sites is 1. The van der Waals surface area contributed by atoms with Crippen molar-refractivity contribution in [3.63, 3.8) is 0 Å². The van der Waals surface area contributed by atoms with Gasteiger partial charge in [0.05, 0.1) is 4.47 Å². The van der Waals surface area contributed by atoms with Crippen LogP contribution in [0.5, 0.6) is 5.75 Å². The molecule has 0 aromatic heterocycles. The summed E-state index contributed by atoms with van der Waals surface area (Å²) in [6.45, 7) is 1.99. The van der Waals surface area contributed by atoms with Gasteiger partial charge in [0.15, 0.2) is 0 Å². The monoisotopic (exact) mass is 269 g/mol. The van der Waals surface area contributed by atoms with Crippen LogP contribution in [0.25, 0.3) is 0 Å². The quantitative estimate of drug-likeness (QED) is 0.837. The molecule has 0 spiro atoms. The second kappa shape index (κ2) is 4.99. The van der Waals surface area contributed by atoms with Crippen LogP contribution < -0.4 is 4.74 Å². The molecule has 3 heteroatoms. The van der Waals surface area contributed by atoms with Gasteiger partial charge < -0.3 is 9.64 Å². The zero-order valence-electron chi connectivity index (χ0n) is 8.95. The van der Waals surface area contributed by atoms with Gasteiger partial charge in [-0.25, -0.2) is 0 Å². The van der Waals surface area contributed by atoms with Gasteiger partial charge in [0.1, 0.15) is 12.4 Å². The average molecular weight is 270 g/mol. The maximum atomic E-state index is 5.80. The third-order valence-electron chi connectivity index (χ3n) is 2.94. The third kappa shape index (κ3) is 2.73. The van der Waals surface area contributed by atoms with Gasteiger partial charge in [-0.1, -0.05) is 12.1 Å². The summed E-state index contributed by atoms with van der Waals surface area (Å²) in [5, 5.41) is 0. The maximum Gasteiger partial charge on any atom is 0.133 e. The summed E-state index contributed by atoms with van der Waals surface area (Å²) < 4.78 is 6.84. The minimum atomic E-state index is 0.581. The van der Waals surface area contributed by atoms with Gasteiger partial charge in [-0.05, 0) is 54.5 Å². The molecule has 15 heavy (non-hydrogen) atoms. The van der Waals surface area contributed by atoms with Crippen molar-refractivity contribution in [3.05, 3.63) is 28.7 Å². The largest absolute Gasteiger partial charge is 0.491 e. The minimum Gasteiger partial charge on any atom is -0.491 e. The van der Waals surface area contributed by atoms with Gasteiger partial charge in [-0.3, -0.25) is 0 Å². The summed E-state index contributed by atoms with van der Waals surface area (Å²) in [5.41, 5.74) is 0. The van der Waals surface area contributed by atoms with Crippen molar-refractivity contribution in [2.75, 3.05) is 20.2 Å². The number of ether oxygens (including phenoxy) is 1. The van der Waals surface area contributed by atoms with E-state index in [-0.39, 0.29) is 0 Å². The molecule has 1 saturated heterocycles. The van der Waals surface area contributed by atoms with Crippen LogP contribution in [-0.2, 0) is 0 Å². The fraction of sp³-hybridized carbons (Fsp3) is 0.500. The summed E-state index contributed by atoms with van der Waals surface area (Å²) in [4.78, 5) is 2.37. The van der Waals surface area contributed by atoms with Crippen LogP contribution in [0.3, 0.4) is 0 Å². The Hall–Kier alpha value is -0.540. The molecular weight excluding hydrogens is 254 g/mol. The predicted molar refractivity (Wildman–Crippen MR) is 65.3 cm³/mol. The molecule has 1 aliphatic rings. The van der Waals surface area contributed by atoms with Crippen molar-refractivity contribution >= 4 is 15.9 Å². The van der Waals surface area contributed by atoms with E-state index in [0.717, 1.165) is 16.8 Å². The highest BCUT2D eigenvalue weighted by molar-refractivity contribution is 9.10. The average Bonchev–Trinajstić information content (AvgIpc) is 2.63. The lowest BCUT2D eigenvalue weighted by Crippen LogP contribution is -2.30. The lowest BCUT2D eigenvalue weighted by Gasteiger charge is -2.19. The van der Waals surface area contributed by atoms with E-state index < -0.39 is 0 Å². The summed E-state index contributed by atoms with van der Waals surface area (Å²) >= 11 is 3.48. The highest BCUT2D eigenvalue weighted by atomic mass is 79.9. The highest BCUT2D eigenvalue weighted by Crippen LogP contribution is 2.25. The SMILES string of the molecule is CN1CCC[C@H]1COc1ccccc1Br. The molecule has 0 radical (unpaired) electrons. The molecule has 1 atom stereocenters. The Kier molecular flexibility index (Phi) is 3.65. The van der Waals surface area contributed by atoms with Crippen LogP contribution in [0.15, 0.2) is 28.7 Å². The van der Waals surface area contributed by atoms with Crippen LogP contribution in [0.4, 0.5) is 0 Å². The normalized spacial score (nSPS) is 21.9. The van der Waals surface area contributed by atoms with Crippen molar-refractivity contribution in [2.24, 2.45) is 0 Å². The summed E-state index contributed by atoms with van der Waals surface area (Å²) in [6.07, 6.45) is 2.54. The molecule has 1 fully saturated rings. The summed E-state index contributed by atoms with van der Waals surface area (Å²) in [5.74, 6) is 0.942. The Balaban J connectivity index is 1.90. The lowest BCUT2D eigenvalue weighted by atomic mass is 10.2. The molecule has 0 N–H and O–H groups in total. The highest BCUT2D eigenvalue weighted by Gasteiger charge is 2.21. The minimum absolute atomic E-state index is 0.581. The number of likely N-dealkylation sites (N-methyl/N-ethyl adjacent to an activating group) is 1. The van der Waals surface area contributed by atoms with E-state index in [1.54, 1.807) is 0 Å². The zero-order chi connectivity index (χ0) is 10.7. The first kappa shape index (κ1) is 11.0. The molecule has 0 amide bonds. The van der Waals surface area contributed by atoms with Crippen LogP contribution in [0.2, 0.25) is 0 Å². The van der Waals surface area contributed by atoms with Crippen LogP contribution in [0, 0.1) is 0 Å². The topological polar surface area (TPSA) is 12.5 Å². The Morgan fingerprint density at radius 1 is 1.47 bits per heavy atom. The number of hydrogen-bond acceptors (Lipinski definition) is 2. The second-order valence-electron chi connectivity index (χ2n) is 4.02. The van der Waals surface area contributed by atoms with Crippen molar-refractivity contribution in [1.82, 2.24) is 4.90 Å². The van der Waals surface area contributed by atoms with Gasteiger partial charge in [0.25, 0.3) is 0 Å². The molecule has 0 unspecified atom stereocenters. The number of likely N-dealkylation sites (tertiary alicyclic amines) is 1. The maximum absolute atomic E-state index is 5.80. The van der Waals surface area contributed by atoms with Crippen molar-refractivity contribution in [3.8, 4) is 5.75 Å². The van der Waals surface area contributed by atoms with E-state index in [4.69, 9.17) is 4.74 Å². The molecule has 1 aliphatic heterocycles. The lowest BCUT2D eigenvalue weighted by molar-refractivity contribution is 0.197. The Labute approximate surface area is 99.4 Å². The molecule has 1 aromatic carbocycles. The van der Waals surface area contributed by atoms with Gasteiger partial charge >= 0.3 is 0 Å². The summed E-state index contributed by atoms with van der Waals surface area (Å²) in [7, 11) is 2.17.